The Hall–Kier alpha value is -1.28. The first-order chi connectivity index (χ1) is 8.83. The van der Waals surface area contributed by atoms with Gasteiger partial charge in [-0.3, -0.25) is 4.90 Å². The zero-order valence-corrected chi connectivity index (χ0v) is 11.4. The summed E-state index contributed by atoms with van der Waals surface area (Å²) in [7, 11) is 0. The highest BCUT2D eigenvalue weighted by Gasteiger charge is 2.19. The van der Waals surface area contributed by atoms with Crippen LogP contribution in [-0.4, -0.2) is 31.1 Å². The largest absolute Gasteiger partial charge is 0.384 e. The molecule has 0 fully saturated rings. The van der Waals surface area contributed by atoms with E-state index in [4.69, 9.17) is 0 Å². The zero-order chi connectivity index (χ0) is 12.8. The molecule has 1 aromatic rings. The number of hydrogen-bond acceptors (Lipinski definition) is 2. The Bertz CT molecular complexity index is 386. The van der Waals surface area contributed by atoms with Gasteiger partial charge in [0.1, 0.15) is 0 Å². The van der Waals surface area contributed by atoms with E-state index in [1.54, 1.807) is 0 Å². The van der Waals surface area contributed by atoms with Gasteiger partial charge in [-0.05, 0) is 36.9 Å². The molecule has 1 N–H and O–H groups in total. The minimum atomic E-state index is 0.714. The Kier molecular flexibility index (Phi) is 4.82. The number of fused-ring (bicyclic) bond motifs is 1. The summed E-state index contributed by atoms with van der Waals surface area (Å²) in [5.41, 5.74) is 2.78. The highest BCUT2D eigenvalue weighted by Crippen LogP contribution is 2.24. The Morgan fingerprint density at radius 2 is 2.28 bits per heavy atom. The molecule has 18 heavy (non-hydrogen) atoms. The van der Waals surface area contributed by atoms with Crippen LogP contribution in [0.2, 0.25) is 0 Å². The van der Waals surface area contributed by atoms with Gasteiger partial charge in [0, 0.05) is 25.3 Å². The van der Waals surface area contributed by atoms with Crippen molar-refractivity contribution < 1.29 is 0 Å². The van der Waals surface area contributed by atoms with Crippen LogP contribution in [0.3, 0.4) is 0 Å². The predicted octanol–water partition coefficient (Wildman–Crippen LogP) is 3.17. The molecule has 1 atom stereocenters. The third-order valence-electron chi connectivity index (χ3n) is 3.55. The van der Waals surface area contributed by atoms with Crippen LogP contribution < -0.4 is 5.32 Å². The number of benzene rings is 1. The van der Waals surface area contributed by atoms with Gasteiger partial charge in [0.15, 0.2) is 0 Å². The molecular weight excluding hydrogens is 220 g/mol. The fourth-order valence-corrected chi connectivity index (χ4v) is 2.76. The van der Waals surface area contributed by atoms with Gasteiger partial charge in [-0.15, -0.1) is 6.58 Å². The lowest BCUT2D eigenvalue weighted by Gasteiger charge is -2.30. The smallest absolute Gasteiger partial charge is 0.0372 e. The van der Waals surface area contributed by atoms with Crippen molar-refractivity contribution in [3.63, 3.8) is 0 Å². The molecule has 0 aliphatic carbocycles. The van der Waals surface area contributed by atoms with Crippen molar-refractivity contribution in [3.05, 3.63) is 42.5 Å². The van der Waals surface area contributed by atoms with Crippen molar-refractivity contribution in [2.75, 3.05) is 31.5 Å². The molecule has 1 unspecified atom stereocenters. The molecule has 1 aliphatic heterocycles. The highest BCUT2D eigenvalue weighted by atomic mass is 15.1. The van der Waals surface area contributed by atoms with Crippen LogP contribution in [0.5, 0.6) is 0 Å². The van der Waals surface area contributed by atoms with Crippen LogP contribution in [0.15, 0.2) is 36.9 Å². The quantitative estimate of drug-likeness (QED) is 0.773. The number of para-hydroxylation sites is 1. The Labute approximate surface area is 111 Å². The number of nitrogens with one attached hydrogen (secondary N) is 1. The highest BCUT2D eigenvalue weighted by molar-refractivity contribution is 5.53. The summed E-state index contributed by atoms with van der Waals surface area (Å²) in [5.74, 6) is 0.714. The minimum absolute atomic E-state index is 0.714. The molecule has 0 bridgehead atoms. The average molecular weight is 244 g/mol. The predicted molar refractivity (Wildman–Crippen MR) is 79.1 cm³/mol. The molecule has 0 amide bonds. The van der Waals surface area contributed by atoms with Crippen molar-refractivity contribution in [3.8, 4) is 0 Å². The monoisotopic (exact) mass is 244 g/mol. The minimum Gasteiger partial charge on any atom is -0.384 e. The lowest BCUT2D eigenvalue weighted by molar-refractivity contribution is 0.254. The van der Waals surface area contributed by atoms with E-state index in [1.807, 2.05) is 6.08 Å². The summed E-state index contributed by atoms with van der Waals surface area (Å²) in [4.78, 5) is 2.51. The standard InChI is InChI=1S/C16H24N2/c1-3-9-18(10-4-2)13-14-11-15-7-5-6-8-16(15)17-12-14/h3,5-8,14,17H,1,4,9-13H2,2H3. The molecule has 0 aromatic heterocycles. The summed E-state index contributed by atoms with van der Waals surface area (Å²) in [6, 6.07) is 8.66. The van der Waals surface area contributed by atoms with Gasteiger partial charge in [-0.2, -0.15) is 0 Å². The first-order valence-electron chi connectivity index (χ1n) is 6.98. The van der Waals surface area contributed by atoms with Crippen LogP contribution >= 0.6 is 0 Å². The topological polar surface area (TPSA) is 15.3 Å². The van der Waals surface area contributed by atoms with Gasteiger partial charge in [0.05, 0.1) is 0 Å². The van der Waals surface area contributed by atoms with E-state index in [-0.39, 0.29) is 0 Å². The fraction of sp³-hybridized carbons (Fsp3) is 0.500. The van der Waals surface area contributed by atoms with Gasteiger partial charge in [-0.1, -0.05) is 31.2 Å². The van der Waals surface area contributed by atoms with Gasteiger partial charge in [0.25, 0.3) is 0 Å². The van der Waals surface area contributed by atoms with Crippen LogP contribution in [0.25, 0.3) is 0 Å². The number of anilines is 1. The first-order valence-corrected chi connectivity index (χ1v) is 6.98. The average Bonchev–Trinajstić information content (AvgIpc) is 2.39. The SMILES string of the molecule is C=CCN(CCC)CC1CNc2ccccc2C1. The van der Waals surface area contributed by atoms with E-state index in [2.05, 4.69) is 48.0 Å². The van der Waals surface area contributed by atoms with E-state index < -0.39 is 0 Å². The second kappa shape index (κ2) is 6.60. The molecule has 1 aromatic carbocycles. The van der Waals surface area contributed by atoms with Gasteiger partial charge >= 0.3 is 0 Å². The fourth-order valence-electron chi connectivity index (χ4n) is 2.76. The Morgan fingerprint density at radius 3 is 3.06 bits per heavy atom. The molecular formula is C16H24N2. The summed E-state index contributed by atoms with van der Waals surface area (Å²) < 4.78 is 0. The molecule has 1 aliphatic rings. The zero-order valence-electron chi connectivity index (χ0n) is 11.4. The normalized spacial score (nSPS) is 18.2. The lowest BCUT2D eigenvalue weighted by Crippen LogP contribution is -2.36. The van der Waals surface area contributed by atoms with Crippen LogP contribution in [0.1, 0.15) is 18.9 Å². The Morgan fingerprint density at radius 1 is 1.44 bits per heavy atom. The van der Waals surface area contributed by atoms with E-state index >= 15 is 0 Å². The van der Waals surface area contributed by atoms with E-state index in [0.717, 1.165) is 13.1 Å². The third-order valence-corrected chi connectivity index (χ3v) is 3.55. The molecule has 2 rings (SSSR count). The second-order valence-corrected chi connectivity index (χ2v) is 5.16. The van der Waals surface area contributed by atoms with Crippen molar-refractivity contribution >= 4 is 5.69 Å². The maximum atomic E-state index is 3.85. The van der Waals surface area contributed by atoms with Crippen molar-refractivity contribution in [1.29, 1.82) is 0 Å². The van der Waals surface area contributed by atoms with Crippen LogP contribution in [-0.2, 0) is 6.42 Å². The second-order valence-electron chi connectivity index (χ2n) is 5.16. The third kappa shape index (κ3) is 3.36. The van der Waals surface area contributed by atoms with Crippen LogP contribution in [0, 0.1) is 5.92 Å². The Balaban J connectivity index is 1.93. The molecule has 0 saturated carbocycles. The number of rotatable bonds is 6. The van der Waals surface area contributed by atoms with Crippen molar-refractivity contribution in [2.24, 2.45) is 5.92 Å². The van der Waals surface area contributed by atoms with E-state index in [9.17, 15) is 0 Å². The summed E-state index contributed by atoms with van der Waals surface area (Å²) in [5, 5.41) is 3.55. The maximum Gasteiger partial charge on any atom is 0.0372 e. The van der Waals surface area contributed by atoms with E-state index in [1.165, 1.54) is 37.2 Å². The number of nitrogens with zero attached hydrogens (tertiary/aromatic N) is 1. The molecule has 1 heterocycles. The molecule has 0 spiro atoms. The summed E-state index contributed by atoms with van der Waals surface area (Å²) >= 11 is 0. The van der Waals surface area contributed by atoms with Crippen molar-refractivity contribution in [1.82, 2.24) is 4.90 Å². The first kappa shape index (κ1) is 13.2. The lowest BCUT2D eigenvalue weighted by atomic mass is 9.93. The summed E-state index contributed by atoms with van der Waals surface area (Å²) in [6.45, 7) is 10.5. The molecule has 2 nitrogen and oxygen atoms in total. The number of hydrogen-bond donors (Lipinski definition) is 1. The van der Waals surface area contributed by atoms with Gasteiger partial charge < -0.3 is 5.32 Å². The molecule has 98 valence electrons. The van der Waals surface area contributed by atoms with Crippen LogP contribution in [0.4, 0.5) is 5.69 Å². The molecule has 0 saturated heterocycles. The van der Waals surface area contributed by atoms with Crippen molar-refractivity contribution in [2.45, 2.75) is 19.8 Å². The van der Waals surface area contributed by atoms with E-state index in [0.29, 0.717) is 5.92 Å². The molecule has 0 radical (unpaired) electrons. The molecule has 2 heteroatoms. The van der Waals surface area contributed by atoms with Gasteiger partial charge in [-0.25, -0.2) is 0 Å². The van der Waals surface area contributed by atoms with Gasteiger partial charge in [0.2, 0.25) is 0 Å². The maximum absolute atomic E-state index is 3.85. The summed E-state index contributed by atoms with van der Waals surface area (Å²) in [6.07, 6.45) is 4.42.